The number of fused-ring (bicyclic) bond motifs is 3. The quantitative estimate of drug-likeness (QED) is 0.207. The first-order valence-corrected chi connectivity index (χ1v) is 18.8. The number of carbonyl (C=O) groups is 1. The van der Waals surface area contributed by atoms with Crippen molar-refractivity contribution in [3.05, 3.63) is 82.0 Å². The smallest absolute Gasteiger partial charge is 0.326 e. The van der Waals surface area contributed by atoms with Crippen molar-refractivity contribution >= 4 is 39.8 Å². The number of H-pyrrole nitrogens is 1. The zero-order valence-electron chi connectivity index (χ0n) is 30.4. The van der Waals surface area contributed by atoms with Gasteiger partial charge >= 0.3 is 5.69 Å². The number of anilines is 1. The van der Waals surface area contributed by atoms with Gasteiger partial charge in [0.1, 0.15) is 36.1 Å². The highest BCUT2D eigenvalue weighted by Crippen LogP contribution is 2.30. The minimum Gasteiger partial charge on any atom is -0.494 e. The first-order valence-electron chi connectivity index (χ1n) is 18.8. The third-order valence-electron chi connectivity index (χ3n) is 11.2. The second kappa shape index (κ2) is 14.5. The maximum absolute atomic E-state index is 14.2. The molecule has 1 aliphatic carbocycles. The van der Waals surface area contributed by atoms with E-state index in [9.17, 15) is 18.4 Å². The normalized spacial score (nSPS) is 21.6. The number of imidazole rings is 1. The number of para-hydroxylation sites is 1. The summed E-state index contributed by atoms with van der Waals surface area (Å²) in [7, 11) is 1.73. The average molecular weight is 752 g/mol. The molecule has 1 saturated carbocycles. The van der Waals surface area contributed by atoms with Crippen LogP contribution in [-0.2, 0) is 16.5 Å². The lowest BCUT2D eigenvalue weighted by Crippen LogP contribution is -2.40. The topological polar surface area (TPSA) is 137 Å². The Morgan fingerprint density at radius 1 is 1.18 bits per heavy atom. The number of rotatable bonds is 8. The summed E-state index contributed by atoms with van der Waals surface area (Å²) in [5.74, 6) is 7.79. The lowest BCUT2D eigenvalue weighted by Gasteiger charge is -2.34. The van der Waals surface area contributed by atoms with Crippen LogP contribution in [-0.4, -0.2) is 109 Å². The SMILES string of the molecule is Cn1c(=O)[nH]c2cccc(C#CCOC3CCN(CC4CCC(=[N+]5C=C(NC(=O)c6cnn7ccc(N8CC9=C[C@@H]8CO9)nc67)C(C(F)F)=N5)CC4)CC3)c21. The minimum atomic E-state index is -2.86. The summed E-state index contributed by atoms with van der Waals surface area (Å²) < 4.78 is 44.7. The summed E-state index contributed by atoms with van der Waals surface area (Å²) in [4.78, 5) is 37.6. The molecule has 0 spiro atoms. The second-order valence-corrected chi connectivity index (χ2v) is 14.7. The first kappa shape index (κ1) is 35.1. The number of aromatic amines is 1. The molecule has 4 aromatic rings. The van der Waals surface area contributed by atoms with Gasteiger partial charge in [-0.2, -0.15) is 5.10 Å². The van der Waals surface area contributed by atoms with Crippen LogP contribution >= 0.6 is 0 Å². The van der Waals surface area contributed by atoms with Gasteiger partial charge in [0.25, 0.3) is 12.3 Å². The zero-order chi connectivity index (χ0) is 37.6. The number of halogens is 2. The van der Waals surface area contributed by atoms with Crippen LogP contribution in [0, 0.1) is 17.8 Å². The largest absolute Gasteiger partial charge is 0.494 e. The summed E-state index contributed by atoms with van der Waals surface area (Å²) >= 11 is 0. The number of hydrazone groups is 1. The van der Waals surface area contributed by atoms with Gasteiger partial charge in [-0.05, 0) is 55.9 Å². The maximum atomic E-state index is 14.2. The number of aryl methyl sites for hydroxylation is 1. The number of hydrogen-bond acceptors (Lipinski definition) is 9. The molecule has 1 aromatic carbocycles. The predicted molar refractivity (Wildman–Crippen MR) is 200 cm³/mol. The van der Waals surface area contributed by atoms with Crippen molar-refractivity contribution in [1.82, 2.24) is 34.4 Å². The number of carbonyl (C=O) groups excluding carboxylic acids is 1. The molecular formula is C39H41F2N10O4+. The highest BCUT2D eigenvalue weighted by atomic mass is 19.3. The molecule has 0 radical (unpaired) electrons. The number of alkyl halides is 2. The number of nitrogens with one attached hydrogen (secondary N) is 2. The molecule has 2 fully saturated rings. The van der Waals surface area contributed by atoms with Crippen molar-refractivity contribution < 1.29 is 27.7 Å². The summed E-state index contributed by atoms with van der Waals surface area (Å²) in [6.07, 6.45) is 9.21. The van der Waals surface area contributed by atoms with Crippen LogP contribution in [0.3, 0.4) is 0 Å². The fourth-order valence-corrected chi connectivity index (χ4v) is 8.24. The van der Waals surface area contributed by atoms with Crippen LogP contribution < -0.4 is 15.9 Å². The molecule has 1 atom stereocenters. The van der Waals surface area contributed by atoms with Gasteiger partial charge in [-0.25, -0.2) is 23.1 Å². The van der Waals surface area contributed by atoms with Crippen LogP contribution in [0.1, 0.15) is 54.4 Å². The van der Waals surface area contributed by atoms with E-state index in [4.69, 9.17) is 14.5 Å². The molecule has 14 nitrogen and oxygen atoms in total. The van der Waals surface area contributed by atoms with Gasteiger partial charge in [0.2, 0.25) is 11.9 Å². The fraction of sp³-hybridized carbons (Fsp3) is 0.436. The van der Waals surface area contributed by atoms with Crippen molar-refractivity contribution in [1.29, 1.82) is 0 Å². The van der Waals surface area contributed by atoms with E-state index in [1.807, 2.05) is 24.3 Å². The number of piperidine rings is 1. The second-order valence-electron chi connectivity index (χ2n) is 14.7. The lowest BCUT2D eigenvalue weighted by molar-refractivity contribution is -0.461. The molecule has 284 valence electrons. The first-order chi connectivity index (χ1) is 26.8. The third-order valence-corrected chi connectivity index (χ3v) is 11.2. The minimum absolute atomic E-state index is 0.0221. The monoisotopic (exact) mass is 751 g/mol. The van der Waals surface area contributed by atoms with Gasteiger partial charge < -0.3 is 29.6 Å². The van der Waals surface area contributed by atoms with Gasteiger partial charge in [0.15, 0.2) is 11.4 Å². The van der Waals surface area contributed by atoms with E-state index >= 15 is 0 Å². The lowest BCUT2D eigenvalue weighted by atomic mass is 9.87. The van der Waals surface area contributed by atoms with Crippen LogP contribution in [0.15, 0.2) is 70.3 Å². The zero-order valence-corrected chi connectivity index (χ0v) is 30.4. The number of allylic oxidation sites excluding steroid dienone is 1. The molecule has 7 heterocycles. The van der Waals surface area contributed by atoms with Crippen LogP contribution in [0.25, 0.3) is 16.7 Å². The van der Waals surface area contributed by atoms with Gasteiger partial charge in [0.05, 0.1) is 41.5 Å². The Kier molecular flexibility index (Phi) is 9.27. The molecular weight excluding hydrogens is 710 g/mol. The molecule has 2 bridgehead atoms. The maximum Gasteiger partial charge on any atom is 0.326 e. The number of amides is 1. The average Bonchev–Trinajstić information content (AvgIpc) is 4.04. The van der Waals surface area contributed by atoms with Gasteiger partial charge in [-0.3, -0.25) is 9.36 Å². The predicted octanol–water partition coefficient (Wildman–Crippen LogP) is 3.39. The molecule has 2 N–H and O–H groups in total. The van der Waals surface area contributed by atoms with Gasteiger partial charge in [-0.15, -0.1) is 0 Å². The van der Waals surface area contributed by atoms with E-state index in [1.165, 1.54) is 21.6 Å². The molecule has 4 aliphatic heterocycles. The van der Waals surface area contributed by atoms with E-state index in [0.29, 0.717) is 37.1 Å². The molecule has 55 heavy (non-hydrogen) atoms. The molecule has 16 heteroatoms. The fourth-order valence-electron chi connectivity index (χ4n) is 8.24. The Balaban J connectivity index is 0.771. The van der Waals surface area contributed by atoms with Crippen molar-refractivity contribution in [2.24, 2.45) is 18.1 Å². The standard InChI is InChI=1S/C39H40F2N10O4/c1-47-35-25(4-2-6-31(35)44-39(47)53)5-3-17-54-28-11-14-48(15-12-28)20-24-7-9-26(10-8-24)51-22-32(34(46-51)36(40)41)43-38(52)30-19-42-50-16-13-33(45-37(30)50)49-21-29-18-27(49)23-55-29/h2,4,6,13,16,18-19,22,24,27-28,36H,7-12,14-15,17,20-21,23H2,1H3,(H-,43,44,52,53)/p+1/t24?,27-/m1/s1. The number of likely N-dealkylation sites (tertiary alicyclic amines) is 1. The summed E-state index contributed by atoms with van der Waals surface area (Å²) in [5.41, 5.74) is 3.19. The number of ether oxygens (including phenoxy) is 2. The van der Waals surface area contributed by atoms with Crippen molar-refractivity contribution in [2.75, 3.05) is 44.3 Å². The van der Waals surface area contributed by atoms with E-state index in [2.05, 4.69) is 48.2 Å². The molecule has 3 aromatic heterocycles. The van der Waals surface area contributed by atoms with Crippen molar-refractivity contribution in [3.8, 4) is 11.8 Å². The Morgan fingerprint density at radius 3 is 2.78 bits per heavy atom. The Bertz CT molecular complexity index is 2410. The summed E-state index contributed by atoms with van der Waals surface area (Å²) in [6, 6.07) is 7.58. The van der Waals surface area contributed by atoms with Crippen LogP contribution in [0.4, 0.5) is 14.6 Å². The van der Waals surface area contributed by atoms with Crippen LogP contribution in [0.2, 0.25) is 0 Å². The van der Waals surface area contributed by atoms with E-state index in [0.717, 1.165) is 86.2 Å². The van der Waals surface area contributed by atoms with Crippen LogP contribution in [0.5, 0.6) is 0 Å². The summed E-state index contributed by atoms with van der Waals surface area (Å²) in [6.45, 7) is 4.38. The van der Waals surface area contributed by atoms with Crippen molar-refractivity contribution in [3.63, 3.8) is 0 Å². The van der Waals surface area contributed by atoms with E-state index < -0.39 is 18.0 Å². The Labute approximate surface area is 314 Å². The molecule has 9 rings (SSSR count). The van der Waals surface area contributed by atoms with Crippen molar-refractivity contribution in [2.45, 2.75) is 57.1 Å². The van der Waals surface area contributed by atoms with Gasteiger partial charge in [0, 0.05) is 50.8 Å². The number of nitrogens with zero attached hydrogens (tertiary/aromatic N) is 8. The van der Waals surface area contributed by atoms with E-state index in [1.54, 1.807) is 17.8 Å². The molecule has 5 aliphatic rings. The molecule has 1 amide bonds. The molecule has 0 unspecified atom stereocenters. The number of aromatic nitrogens is 5. The number of morpholine rings is 1. The van der Waals surface area contributed by atoms with Gasteiger partial charge in [-0.1, -0.05) is 22.6 Å². The Morgan fingerprint density at radius 2 is 2.02 bits per heavy atom. The Hall–Kier alpha value is -5.66. The molecule has 1 saturated heterocycles. The highest BCUT2D eigenvalue weighted by Gasteiger charge is 2.36. The third kappa shape index (κ3) is 6.94. The van der Waals surface area contributed by atoms with E-state index in [-0.39, 0.29) is 29.1 Å². The summed E-state index contributed by atoms with van der Waals surface area (Å²) in [5, 5.41) is 11.2. The number of hydrogen-bond donors (Lipinski definition) is 2. The number of benzene rings is 1. The highest BCUT2D eigenvalue weighted by molar-refractivity contribution is 6.09.